The van der Waals surface area contributed by atoms with Crippen LogP contribution in [0.15, 0.2) is 18.2 Å². The summed E-state index contributed by atoms with van der Waals surface area (Å²) in [5.74, 6) is 0.147. The molecule has 98 valence electrons. The number of sulfonamides is 1. The first-order valence-electron chi connectivity index (χ1n) is 5.61. The van der Waals surface area contributed by atoms with Gasteiger partial charge in [0.05, 0.1) is 19.4 Å². The van der Waals surface area contributed by atoms with E-state index >= 15 is 0 Å². The lowest BCUT2D eigenvalue weighted by Gasteiger charge is -2.17. The number of carbonyl (C=O) groups excluding carboxylic acids is 1. The highest BCUT2D eigenvalue weighted by Crippen LogP contribution is 2.25. The van der Waals surface area contributed by atoms with Crippen LogP contribution >= 0.6 is 0 Å². The molecule has 1 saturated heterocycles. The minimum absolute atomic E-state index is 0.0476. The lowest BCUT2D eigenvalue weighted by Crippen LogP contribution is -2.29. The number of carbonyl (C=O) groups is 1. The average molecular weight is 269 g/mol. The number of methoxy groups -OCH3 is 1. The van der Waals surface area contributed by atoms with E-state index in [0.717, 1.165) is 9.87 Å². The fraction of sp³-hybridized carbons (Fsp3) is 0.417. The molecule has 0 aliphatic carbocycles. The van der Waals surface area contributed by atoms with Crippen molar-refractivity contribution in [1.29, 1.82) is 0 Å². The molecule has 1 amide bonds. The summed E-state index contributed by atoms with van der Waals surface area (Å²) in [5, 5.41) is 0. The van der Waals surface area contributed by atoms with Gasteiger partial charge in [-0.25, -0.2) is 12.7 Å². The van der Waals surface area contributed by atoms with Crippen molar-refractivity contribution in [3.05, 3.63) is 29.3 Å². The smallest absolute Gasteiger partial charge is 0.238 e. The van der Waals surface area contributed by atoms with E-state index in [-0.39, 0.29) is 24.6 Å². The van der Waals surface area contributed by atoms with Crippen LogP contribution in [0, 0.1) is 6.92 Å². The first-order chi connectivity index (χ1) is 8.44. The van der Waals surface area contributed by atoms with E-state index in [0.29, 0.717) is 11.3 Å². The summed E-state index contributed by atoms with van der Waals surface area (Å²) < 4.78 is 29.6. The largest absolute Gasteiger partial charge is 0.496 e. The van der Waals surface area contributed by atoms with Crippen molar-refractivity contribution in [2.24, 2.45) is 0 Å². The van der Waals surface area contributed by atoms with Crippen molar-refractivity contribution in [3.63, 3.8) is 0 Å². The van der Waals surface area contributed by atoms with Crippen LogP contribution in [-0.2, 0) is 21.4 Å². The Morgan fingerprint density at radius 3 is 2.67 bits per heavy atom. The summed E-state index contributed by atoms with van der Waals surface area (Å²) in [6, 6.07) is 5.49. The second kappa shape index (κ2) is 4.61. The molecule has 1 heterocycles. The van der Waals surface area contributed by atoms with Crippen molar-refractivity contribution < 1.29 is 17.9 Å². The van der Waals surface area contributed by atoms with Crippen LogP contribution in [-0.4, -0.2) is 31.5 Å². The van der Waals surface area contributed by atoms with E-state index in [2.05, 4.69) is 0 Å². The Morgan fingerprint density at radius 1 is 1.39 bits per heavy atom. The summed E-state index contributed by atoms with van der Waals surface area (Å²) in [4.78, 5) is 11.6. The van der Waals surface area contributed by atoms with E-state index in [9.17, 15) is 13.2 Å². The molecule has 0 radical (unpaired) electrons. The molecule has 1 aromatic rings. The van der Waals surface area contributed by atoms with Gasteiger partial charge in [0, 0.05) is 12.0 Å². The highest BCUT2D eigenvalue weighted by Gasteiger charge is 2.35. The van der Waals surface area contributed by atoms with Crippen LogP contribution in [0.4, 0.5) is 0 Å². The van der Waals surface area contributed by atoms with Crippen LogP contribution < -0.4 is 4.74 Å². The lowest BCUT2D eigenvalue weighted by atomic mass is 10.1. The second-order valence-corrected chi connectivity index (χ2v) is 6.29. The van der Waals surface area contributed by atoms with Gasteiger partial charge in [0.15, 0.2) is 0 Å². The number of benzene rings is 1. The monoisotopic (exact) mass is 269 g/mol. The zero-order valence-corrected chi connectivity index (χ0v) is 11.2. The Morgan fingerprint density at radius 2 is 2.11 bits per heavy atom. The minimum Gasteiger partial charge on any atom is -0.496 e. The number of hydrogen-bond donors (Lipinski definition) is 0. The molecule has 0 bridgehead atoms. The van der Waals surface area contributed by atoms with Crippen LogP contribution in [0.5, 0.6) is 5.75 Å². The molecule has 1 fully saturated rings. The third-order valence-corrected chi connectivity index (χ3v) is 4.66. The normalized spacial score (nSPS) is 18.1. The zero-order valence-electron chi connectivity index (χ0n) is 10.3. The molecule has 6 heteroatoms. The molecular formula is C12H15NO4S. The third-order valence-electron chi connectivity index (χ3n) is 2.94. The molecule has 1 aromatic carbocycles. The van der Waals surface area contributed by atoms with E-state index in [1.54, 1.807) is 6.07 Å². The standard InChI is InChI=1S/C12H15NO4S/c1-9-3-4-11(17-2)10(7-9)8-13-12(14)5-6-18(13,15)16/h3-4,7H,5-6,8H2,1-2H3. The Kier molecular flexibility index (Phi) is 3.30. The van der Waals surface area contributed by atoms with Crippen molar-refractivity contribution in [1.82, 2.24) is 4.31 Å². The number of ether oxygens (including phenoxy) is 1. The maximum atomic E-state index is 11.7. The summed E-state index contributed by atoms with van der Waals surface area (Å²) in [5.41, 5.74) is 1.70. The summed E-state index contributed by atoms with van der Waals surface area (Å²) >= 11 is 0. The number of rotatable bonds is 3. The lowest BCUT2D eigenvalue weighted by molar-refractivity contribution is -0.125. The fourth-order valence-corrected chi connectivity index (χ4v) is 3.37. The minimum atomic E-state index is -3.44. The molecule has 0 aromatic heterocycles. The quantitative estimate of drug-likeness (QED) is 0.823. The van der Waals surface area contributed by atoms with Crippen LogP contribution in [0.3, 0.4) is 0 Å². The molecule has 0 N–H and O–H groups in total. The molecule has 2 rings (SSSR count). The van der Waals surface area contributed by atoms with Crippen molar-refractivity contribution in [2.75, 3.05) is 12.9 Å². The van der Waals surface area contributed by atoms with E-state index in [1.165, 1.54) is 7.11 Å². The first kappa shape index (κ1) is 12.9. The molecule has 1 aliphatic heterocycles. The van der Waals surface area contributed by atoms with Crippen LogP contribution in [0.25, 0.3) is 0 Å². The van der Waals surface area contributed by atoms with E-state index in [1.807, 2.05) is 19.1 Å². The zero-order chi connectivity index (χ0) is 13.3. The molecule has 0 atom stereocenters. The van der Waals surface area contributed by atoms with Crippen molar-refractivity contribution in [3.8, 4) is 5.75 Å². The van der Waals surface area contributed by atoms with Gasteiger partial charge in [0.25, 0.3) is 0 Å². The van der Waals surface area contributed by atoms with Gasteiger partial charge in [-0.2, -0.15) is 0 Å². The number of hydrogen-bond acceptors (Lipinski definition) is 4. The summed E-state index contributed by atoms with van der Waals surface area (Å²) in [6.07, 6.45) is 0.0659. The van der Waals surface area contributed by atoms with Gasteiger partial charge in [-0.3, -0.25) is 4.79 Å². The van der Waals surface area contributed by atoms with Gasteiger partial charge in [0.1, 0.15) is 5.75 Å². The molecule has 0 saturated carbocycles. The average Bonchev–Trinajstić information content (AvgIpc) is 2.56. The molecule has 1 aliphatic rings. The molecule has 18 heavy (non-hydrogen) atoms. The highest BCUT2D eigenvalue weighted by atomic mass is 32.2. The predicted molar refractivity (Wildman–Crippen MR) is 66.7 cm³/mol. The van der Waals surface area contributed by atoms with Gasteiger partial charge in [-0.1, -0.05) is 17.7 Å². The third kappa shape index (κ3) is 2.33. The van der Waals surface area contributed by atoms with E-state index < -0.39 is 10.0 Å². The van der Waals surface area contributed by atoms with Crippen molar-refractivity contribution >= 4 is 15.9 Å². The maximum absolute atomic E-state index is 11.7. The van der Waals surface area contributed by atoms with Gasteiger partial charge in [-0.15, -0.1) is 0 Å². The van der Waals surface area contributed by atoms with Crippen LogP contribution in [0.2, 0.25) is 0 Å². The van der Waals surface area contributed by atoms with E-state index in [4.69, 9.17) is 4.74 Å². The number of amides is 1. The highest BCUT2D eigenvalue weighted by molar-refractivity contribution is 7.90. The molecular weight excluding hydrogens is 254 g/mol. The van der Waals surface area contributed by atoms with Crippen LogP contribution in [0.1, 0.15) is 17.5 Å². The predicted octanol–water partition coefficient (Wildman–Crippen LogP) is 1.07. The van der Waals surface area contributed by atoms with Gasteiger partial charge >= 0.3 is 0 Å². The van der Waals surface area contributed by atoms with Gasteiger partial charge in [-0.05, 0) is 13.0 Å². The second-order valence-electron chi connectivity index (χ2n) is 4.28. The Labute approximate surface area is 106 Å². The fourth-order valence-electron chi connectivity index (χ4n) is 1.98. The Hall–Kier alpha value is -1.56. The number of nitrogens with zero attached hydrogens (tertiary/aromatic N) is 1. The first-order valence-corrected chi connectivity index (χ1v) is 7.22. The summed E-state index contributed by atoms with van der Waals surface area (Å²) in [6.45, 7) is 1.95. The Balaban J connectivity index is 2.34. The van der Waals surface area contributed by atoms with Crippen molar-refractivity contribution in [2.45, 2.75) is 19.9 Å². The molecule has 0 spiro atoms. The summed E-state index contributed by atoms with van der Waals surface area (Å²) in [7, 11) is -1.92. The Bertz CT molecular complexity index is 580. The molecule has 0 unspecified atom stereocenters. The van der Waals surface area contributed by atoms with Gasteiger partial charge < -0.3 is 4.74 Å². The molecule has 5 nitrogen and oxygen atoms in total. The maximum Gasteiger partial charge on any atom is 0.238 e. The number of aryl methyl sites for hydroxylation is 1. The topological polar surface area (TPSA) is 63.7 Å². The SMILES string of the molecule is COc1ccc(C)cc1CN1C(=O)CCS1(=O)=O. The van der Waals surface area contributed by atoms with Gasteiger partial charge in [0.2, 0.25) is 15.9 Å².